The molecular formula is C10H20N4O. The van der Waals surface area contributed by atoms with Crippen molar-refractivity contribution in [2.24, 2.45) is 5.73 Å². The van der Waals surface area contributed by atoms with Crippen molar-refractivity contribution in [1.82, 2.24) is 15.0 Å². The molecule has 5 nitrogen and oxygen atoms in total. The molecule has 1 atom stereocenters. The van der Waals surface area contributed by atoms with Crippen molar-refractivity contribution < 1.29 is 4.74 Å². The minimum Gasteiger partial charge on any atom is -0.385 e. The Kier molecular flexibility index (Phi) is 3.82. The van der Waals surface area contributed by atoms with Gasteiger partial charge in [-0.05, 0) is 27.2 Å². The molecule has 0 bridgehead atoms. The highest BCUT2D eigenvalue weighted by Crippen LogP contribution is 2.16. The Balaban J connectivity index is 2.67. The Morgan fingerprint density at radius 3 is 2.73 bits per heavy atom. The predicted octanol–water partition coefficient (Wildman–Crippen LogP) is 1.07. The van der Waals surface area contributed by atoms with Gasteiger partial charge in [0.1, 0.15) is 5.69 Å². The van der Waals surface area contributed by atoms with Gasteiger partial charge >= 0.3 is 0 Å². The van der Waals surface area contributed by atoms with E-state index in [2.05, 4.69) is 17.2 Å². The number of methoxy groups -OCH3 is 1. The first-order valence-corrected chi connectivity index (χ1v) is 5.15. The molecule has 5 heteroatoms. The summed E-state index contributed by atoms with van der Waals surface area (Å²) in [6, 6.07) is 0.286. The van der Waals surface area contributed by atoms with E-state index in [1.807, 2.05) is 24.7 Å². The van der Waals surface area contributed by atoms with Crippen LogP contribution in [0.1, 0.15) is 38.9 Å². The normalized spacial score (nSPS) is 14.2. The van der Waals surface area contributed by atoms with Crippen LogP contribution >= 0.6 is 0 Å². The topological polar surface area (TPSA) is 66.0 Å². The molecule has 1 unspecified atom stereocenters. The number of hydrogen-bond acceptors (Lipinski definition) is 4. The lowest BCUT2D eigenvalue weighted by atomic mass is 10.0. The van der Waals surface area contributed by atoms with E-state index in [1.165, 1.54) is 0 Å². The lowest BCUT2D eigenvalue weighted by molar-refractivity contribution is 0.178. The molecule has 1 rings (SSSR count). The summed E-state index contributed by atoms with van der Waals surface area (Å²) in [6.07, 6.45) is 2.82. The Morgan fingerprint density at radius 2 is 2.27 bits per heavy atom. The van der Waals surface area contributed by atoms with Gasteiger partial charge in [0.15, 0.2) is 0 Å². The molecule has 0 spiro atoms. The smallest absolute Gasteiger partial charge is 0.102 e. The molecule has 15 heavy (non-hydrogen) atoms. The number of rotatable bonds is 5. The summed E-state index contributed by atoms with van der Waals surface area (Å²) >= 11 is 0. The lowest BCUT2D eigenvalue weighted by Crippen LogP contribution is -2.29. The zero-order valence-electron chi connectivity index (χ0n) is 9.90. The number of hydrogen-bond donors (Lipinski definition) is 1. The first-order chi connectivity index (χ1) is 6.95. The number of ether oxygens (including phenoxy) is 1. The highest BCUT2D eigenvalue weighted by atomic mass is 16.5. The summed E-state index contributed by atoms with van der Waals surface area (Å²) in [7, 11) is 1.70. The van der Waals surface area contributed by atoms with E-state index < -0.39 is 5.54 Å². The summed E-state index contributed by atoms with van der Waals surface area (Å²) in [5.74, 6) is 0. The van der Waals surface area contributed by atoms with Crippen molar-refractivity contribution in [3.8, 4) is 0 Å². The van der Waals surface area contributed by atoms with E-state index in [-0.39, 0.29) is 6.04 Å². The molecule has 0 saturated heterocycles. The molecule has 0 aliphatic rings. The molecule has 1 aromatic heterocycles. The van der Waals surface area contributed by atoms with Gasteiger partial charge in [-0.3, -0.25) is 0 Å². The number of nitrogens with two attached hydrogens (primary N) is 1. The van der Waals surface area contributed by atoms with Crippen molar-refractivity contribution in [2.75, 3.05) is 13.7 Å². The van der Waals surface area contributed by atoms with E-state index in [0.29, 0.717) is 0 Å². The summed E-state index contributed by atoms with van der Waals surface area (Å²) in [6.45, 7) is 6.64. The largest absolute Gasteiger partial charge is 0.385 e. The highest BCUT2D eigenvalue weighted by Gasteiger charge is 2.19. The van der Waals surface area contributed by atoms with Gasteiger partial charge in [0, 0.05) is 13.7 Å². The van der Waals surface area contributed by atoms with Gasteiger partial charge in [-0.15, -0.1) is 5.10 Å². The molecule has 2 N–H and O–H groups in total. The standard InChI is InChI=1S/C10H20N4O/c1-8(5-6-15-4)14-7-9(12-13-14)10(2,3)11/h7-8H,5-6,11H2,1-4H3. The van der Waals surface area contributed by atoms with Gasteiger partial charge < -0.3 is 10.5 Å². The third-order valence-corrected chi connectivity index (χ3v) is 2.36. The molecule has 0 aliphatic heterocycles. The summed E-state index contributed by atoms with van der Waals surface area (Å²) in [4.78, 5) is 0. The minimum absolute atomic E-state index is 0.286. The van der Waals surface area contributed by atoms with Crippen LogP contribution in [0.2, 0.25) is 0 Å². The molecule has 1 heterocycles. The van der Waals surface area contributed by atoms with Gasteiger partial charge in [0.25, 0.3) is 0 Å². The summed E-state index contributed by atoms with van der Waals surface area (Å²) < 4.78 is 6.86. The minimum atomic E-state index is -0.431. The second kappa shape index (κ2) is 4.72. The molecule has 0 aliphatic carbocycles. The monoisotopic (exact) mass is 212 g/mol. The third-order valence-electron chi connectivity index (χ3n) is 2.36. The van der Waals surface area contributed by atoms with E-state index in [4.69, 9.17) is 10.5 Å². The fraction of sp³-hybridized carbons (Fsp3) is 0.800. The molecule has 0 saturated carbocycles. The fourth-order valence-electron chi connectivity index (χ4n) is 1.21. The molecule has 0 aromatic carbocycles. The van der Waals surface area contributed by atoms with Crippen molar-refractivity contribution in [2.45, 2.75) is 38.8 Å². The van der Waals surface area contributed by atoms with Crippen LogP contribution in [-0.2, 0) is 10.3 Å². The van der Waals surface area contributed by atoms with Crippen LogP contribution in [0, 0.1) is 0 Å². The molecule has 0 fully saturated rings. The third kappa shape index (κ3) is 3.28. The molecule has 0 amide bonds. The first-order valence-electron chi connectivity index (χ1n) is 5.15. The quantitative estimate of drug-likeness (QED) is 0.792. The van der Waals surface area contributed by atoms with E-state index in [9.17, 15) is 0 Å². The predicted molar refractivity (Wildman–Crippen MR) is 58.4 cm³/mol. The fourth-order valence-corrected chi connectivity index (χ4v) is 1.21. The molecule has 1 aromatic rings. The molecule has 0 radical (unpaired) electrons. The van der Waals surface area contributed by atoms with Crippen LogP contribution in [0.15, 0.2) is 6.20 Å². The molecule has 86 valence electrons. The van der Waals surface area contributed by atoms with Gasteiger partial charge in [0.05, 0.1) is 17.8 Å². The first kappa shape index (κ1) is 12.1. The van der Waals surface area contributed by atoms with Crippen LogP contribution in [0.4, 0.5) is 0 Å². The Morgan fingerprint density at radius 1 is 1.60 bits per heavy atom. The van der Waals surface area contributed by atoms with Crippen molar-refractivity contribution >= 4 is 0 Å². The average molecular weight is 212 g/mol. The van der Waals surface area contributed by atoms with Crippen LogP contribution in [-0.4, -0.2) is 28.7 Å². The molecular weight excluding hydrogens is 192 g/mol. The Labute approximate surface area is 90.6 Å². The van der Waals surface area contributed by atoms with Crippen molar-refractivity contribution in [3.05, 3.63) is 11.9 Å². The zero-order chi connectivity index (χ0) is 11.5. The van der Waals surface area contributed by atoms with E-state index in [1.54, 1.807) is 7.11 Å². The maximum atomic E-state index is 5.93. The summed E-state index contributed by atoms with van der Waals surface area (Å²) in [5, 5.41) is 8.13. The SMILES string of the molecule is COCCC(C)n1cc(C(C)(C)N)nn1. The second-order valence-corrected chi connectivity index (χ2v) is 4.44. The highest BCUT2D eigenvalue weighted by molar-refractivity contribution is 5.05. The van der Waals surface area contributed by atoms with Gasteiger partial charge in [-0.25, -0.2) is 4.68 Å². The number of nitrogens with zero attached hydrogens (tertiary/aromatic N) is 3. The van der Waals surface area contributed by atoms with Gasteiger partial charge in [-0.2, -0.15) is 0 Å². The number of aromatic nitrogens is 3. The van der Waals surface area contributed by atoms with Crippen LogP contribution in [0.25, 0.3) is 0 Å². The summed E-state index contributed by atoms with van der Waals surface area (Å²) in [5.41, 5.74) is 6.31. The van der Waals surface area contributed by atoms with Crippen LogP contribution in [0.3, 0.4) is 0 Å². The second-order valence-electron chi connectivity index (χ2n) is 4.44. The van der Waals surface area contributed by atoms with E-state index >= 15 is 0 Å². The maximum Gasteiger partial charge on any atom is 0.102 e. The lowest BCUT2D eigenvalue weighted by Gasteiger charge is -2.14. The van der Waals surface area contributed by atoms with Crippen LogP contribution in [0.5, 0.6) is 0 Å². The average Bonchev–Trinajstić information content (AvgIpc) is 2.62. The van der Waals surface area contributed by atoms with Crippen molar-refractivity contribution in [1.29, 1.82) is 0 Å². The van der Waals surface area contributed by atoms with Gasteiger partial charge in [0.2, 0.25) is 0 Å². The van der Waals surface area contributed by atoms with Crippen molar-refractivity contribution in [3.63, 3.8) is 0 Å². The Hall–Kier alpha value is -0.940. The van der Waals surface area contributed by atoms with E-state index in [0.717, 1.165) is 18.7 Å². The van der Waals surface area contributed by atoms with Crippen LogP contribution < -0.4 is 5.73 Å². The zero-order valence-corrected chi connectivity index (χ0v) is 9.90. The Bertz CT molecular complexity index is 303. The van der Waals surface area contributed by atoms with Gasteiger partial charge in [-0.1, -0.05) is 5.21 Å². The maximum absolute atomic E-state index is 5.93.